The van der Waals surface area contributed by atoms with Gasteiger partial charge >= 0.3 is 0 Å². The first-order valence-corrected chi connectivity index (χ1v) is 7.53. The highest BCUT2D eigenvalue weighted by Gasteiger charge is 2.23. The molecule has 0 saturated carbocycles. The van der Waals surface area contributed by atoms with Crippen molar-refractivity contribution in [3.8, 4) is 0 Å². The third-order valence-corrected chi connectivity index (χ3v) is 3.84. The van der Waals surface area contributed by atoms with Crippen LogP contribution in [0.3, 0.4) is 0 Å². The van der Waals surface area contributed by atoms with Crippen molar-refractivity contribution in [3.05, 3.63) is 29.8 Å². The molecule has 1 fully saturated rings. The molecule has 1 aliphatic heterocycles. The van der Waals surface area contributed by atoms with Crippen LogP contribution in [0, 0.1) is 5.82 Å². The molecule has 1 aliphatic rings. The van der Waals surface area contributed by atoms with Gasteiger partial charge in [-0.3, -0.25) is 14.7 Å². The quantitative estimate of drug-likeness (QED) is 0.798. The van der Waals surface area contributed by atoms with Gasteiger partial charge in [0.1, 0.15) is 0 Å². The monoisotopic (exact) mass is 294 g/mol. The normalized spacial score (nSPS) is 16.2. The van der Waals surface area contributed by atoms with E-state index in [1.165, 1.54) is 12.3 Å². The van der Waals surface area contributed by atoms with E-state index >= 15 is 0 Å². The Balaban J connectivity index is 1.78. The Hall–Kier alpha value is -1.53. The number of aromatic nitrogens is 1. The van der Waals surface area contributed by atoms with Crippen LogP contribution in [0.2, 0.25) is 0 Å². The third kappa shape index (κ3) is 4.47. The molecule has 0 unspecified atom stereocenters. The van der Waals surface area contributed by atoms with Crippen molar-refractivity contribution in [1.29, 1.82) is 0 Å². The van der Waals surface area contributed by atoms with Gasteiger partial charge in [0, 0.05) is 32.4 Å². The van der Waals surface area contributed by atoms with E-state index in [2.05, 4.69) is 9.88 Å². The molecule has 1 aromatic rings. The summed E-state index contributed by atoms with van der Waals surface area (Å²) in [7, 11) is 0. The van der Waals surface area contributed by atoms with Gasteiger partial charge < -0.3 is 10.6 Å². The number of rotatable bonds is 6. The fraction of sp³-hybridized carbons (Fsp3) is 0.600. The van der Waals surface area contributed by atoms with Crippen molar-refractivity contribution in [2.24, 2.45) is 5.73 Å². The van der Waals surface area contributed by atoms with Crippen molar-refractivity contribution in [1.82, 2.24) is 14.8 Å². The van der Waals surface area contributed by atoms with Crippen LogP contribution in [0.1, 0.15) is 29.6 Å². The largest absolute Gasteiger partial charge is 0.336 e. The first-order chi connectivity index (χ1) is 10.2. The first kappa shape index (κ1) is 15.9. The van der Waals surface area contributed by atoms with E-state index in [0.29, 0.717) is 13.1 Å². The van der Waals surface area contributed by atoms with Gasteiger partial charge in [-0.15, -0.1) is 0 Å². The Morgan fingerprint density at radius 3 is 2.67 bits per heavy atom. The smallest absolute Gasteiger partial charge is 0.257 e. The lowest BCUT2D eigenvalue weighted by Gasteiger charge is -2.34. The van der Waals surface area contributed by atoms with Crippen LogP contribution >= 0.6 is 0 Å². The molecule has 116 valence electrons. The van der Waals surface area contributed by atoms with Gasteiger partial charge in [-0.25, -0.2) is 4.39 Å². The Kier molecular flexibility index (Phi) is 6.07. The van der Waals surface area contributed by atoms with E-state index in [9.17, 15) is 9.18 Å². The molecular weight excluding hydrogens is 271 g/mol. The topological polar surface area (TPSA) is 62.5 Å². The number of pyridine rings is 1. The Morgan fingerprint density at radius 2 is 2.00 bits per heavy atom. The van der Waals surface area contributed by atoms with Gasteiger partial charge in [0.15, 0.2) is 5.82 Å². The van der Waals surface area contributed by atoms with Crippen LogP contribution < -0.4 is 5.73 Å². The maximum Gasteiger partial charge on any atom is 0.257 e. The molecule has 1 saturated heterocycles. The summed E-state index contributed by atoms with van der Waals surface area (Å²) in [5.74, 6) is -0.788. The Bertz CT molecular complexity index is 461. The molecule has 6 heteroatoms. The number of nitrogens with zero attached hydrogens (tertiary/aromatic N) is 3. The summed E-state index contributed by atoms with van der Waals surface area (Å²) >= 11 is 0. The molecule has 2 N–H and O–H groups in total. The zero-order chi connectivity index (χ0) is 15.1. The molecule has 0 atom stereocenters. The fourth-order valence-corrected chi connectivity index (χ4v) is 2.55. The molecule has 0 radical (unpaired) electrons. The second-order valence-electron chi connectivity index (χ2n) is 5.34. The third-order valence-electron chi connectivity index (χ3n) is 3.84. The number of hydrogen-bond acceptors (Lipinski definition) is 4. The molecule has 2 rings (SSSR count). The Labute approximate surface area is 124 Å². The summed E-state index contributed by atoms with van der Waals surface area (Å²) in [5, 5.41) is 0. The van der Waals surface area contributed by atoms with Gasteiger partial charge in [0.25, 0.3) is 5.91 Å². The second-order valence-corrected chi connectivity index (χ2v) is 5.34. The average molecular weight is 294 g/mol. The molecule has 0 bridgehead atoms. The summed E-state index contributed by atoms with van der Waals surface area (Å²) in [6.07, 6.45) is 5.90. The van der Waals surface area contributed by atoms with Crippen molar-refractivity contribution in [2.45, 2.75) is 19.3 Å². The lowest BCUT2D eigenvalue weighted by atomic mass is 10.2. The van der Waals surface area contributed by atoms with Gasteiger partial charge in [0.05, 0.1) is 11.8 Å². The highest BCUT2D eigenvalue weighted by atomic mass is 19.1. The van der Waals surface area contributed by atoms with E-state index in [4.69, 9.17) is 5.73 Å². The minimum absolute atomic E-state index is 0.112. The summed E-state index contributed by atoms with van der Waals surface area (Å²) in [5.41, 5.74) is 5.59. The van der Waals surface area contributed by atoms with Crippen molar-refractivity contribution >= 4 is 5.91 Å². The molecule has 0 aliphatic carbocycles. The summed E-state index contributed by atoms with van der Waals surface area (Å²) < 4.78 is 13.6. The number of hydrogen-bond donors (Lipinski definition) is 1. The van der Waals surface area contributed by atoms with Gasteiger partial charge in [0.2, 0.25) is 0 Å². The average Bonchev–Trinajstić information content (AvgIpc) is 2.52. The number of amides is 1. The molecule has 0 spiro atoms. The maximum atomic E-state index is 13.6. The highest BCUT2D eigenvalue weighted by Crippen LogP contribution is 2.12. The predicted molar refractivity (Wildman–Crippen MR) is 79.4 cm³/mol. The van der Waals surface area contributed by atoms with Crippen LogP contribution in [0.4, 0.5) is 4.39 Å². The molecule has 5 nitrogen and oxygen atoms in total. The zero-order valence-corrected chi connectivity index (χ0v) is 12.3. The summed E-state index contributed by atoms with van der Waals surface area (Å²) in [4.78, 5) is 20.0. The number of carbonyl (C=O) groups excluding carboxylic acids is 1. The van der Waals surface area contributed by atoms with Gasteiger partial charge in [-0.05, 0) is 32.0 Å². The molecule has 1 amide bonds. The predicted octanol–water partition coefficient (Wildman–Crippen LogP) is 1.11. The van der Waals surface area contributed by atoms with Gasteiger partial charge in [-0.1, -0.05) is 6.42 Å². The molecule has 2 heterocycles. The minimum Gasteiger partial charge on any atom is -0.336 e. The Morgan fingerprint density at radius 1 is 1.24 bits per heavy atom. The summed E-state index contributed by atoms with van der Waals surface area (Å²) in [6, 6.07) is 1.44. The lowest BCUT2D eigenvalue weighted by Crippen LogP contribution is -2.49. The summed E-state index contributed by atoms with van der Waals surface area (Å²) in [6.45, 7) is 4.79. The standard InChI is InChI=1S/C15H23FN4O/c16-14-12-18-6-4-13(14)15(21)20-10-8-19(9-11-20)7-3-1-2-5-17/h4,6,12H,1-3,5,7-11,17H2. The molecular formula is C15H23FN4O. The van der Waals surface area contributed by atoms with E-state index in [1.54, 1.807) is 4.90 Å². The van der Waals surface area contributed by atoms with Crippen molar-refractivity contribution < 1.29 is 9.18 Å². The van der Waals surface area contributed by atoms with Crippen molar-refractivity contribution in [3.63, 3.8) is 0 Å². The number of nitrogens with two attached hydrogens (primary N) is 1. The first-order valence-electron chi connectivity index (χ1n) is 7.53. The maximum absolute atomic E-state index is 13.6. The van der Waals surface area contributed by atoms with E-state index in [-0.39, 0.29) is 11.5 Å². The van der Waals surface area contributed by atoms with Crippen LogP contribution in [0.5, 0.6) is 0 Å². The van der Waals surface area contributed by atoms with E-state index < -0.39 is 5.82 Å². The number of piperazine rings is 1. The number of unbranched alkanes of at least 4 members (excludes halogenated alkanes) is 2. The zero-order valence-electron chi connectivity index (χ0n) is 12.3. The van der Waals surface area contributed by atoms with E-state index in [0.717, 1.165) is 51.6 Å². The second kappa shape index (κ2) is 8.05. The number of carbonyl (C=O) groups is 1. The van der Waals surface area contributed by atoms with E-state index in [1.807, 2.05) is 0 Å². The lowest BCUT2D eigenvalue weighted by molar-refractivity contribution is 0.0630. The minimum atomic E-state index is -0.549. The fourth-order valence-electron chi connectivity index (χ4n) is 2.55. The number of halogens is 1. The molecule has 1 aromatic heterocycles. The highest BCUT2D eigenvalue weighted by molar-refractivity contribution is 5.94. The van der Waals surface area contributed by atoms with Crippen LogP contribution in [0.25, 0.3) is 0 Å². The van der Waals surface area contributed by atoms with Gasteiger partial charge in [-0.2, -0.15) is 0 Å². The SMILES string of the molecule is NCCCCCN1CCN(C(=O)c2ccncc2F)CC1. The van der Waals surface area contributed by atoms with Crippen LogP contribution in [-0.2, 0) is 0 Å². The molecule has 0 aromatic carbocycles. The van der Waals surface area contributed by atoms with Crippen LogP contribution in [0.15, 0.2) is 18.5 Å². The van der Waals surface area contributed by atoms with Crippen LogP contribution in [-0.4, -0.2) is 60.0 Å². The van der Waals surface area contributed by atoms with Crippen molar-refractivity contribution in [2.75, 3.05) is 39.3 Å². The molecule has 21 heavy (non-hydrogen) atoms.